The number of fused-ring (bicyclic) bond motifs is 1. The maximum Gasteiger partial charge on any atom is 0.317 e. The number of nitrogens with zero attached hydrogens (tertiary/aromatic N) is 2. The second-order valence-electron chi connectivity index (χ2n) is 8.49. The number of piperidine rings is 1. The van der Waals surface area contributed by atoms with Crippen molar-refractivity contribution in [2.45, 2.75) is 51.5 Å². The molecule has 0 unspecified atom stereocenters. The van der Waals surface area contributed by atoms with E-state index in [9.17, 15) is 9.59 Å². The first kappa shape index (κ1) is 20.8. The summed E-state index contributed by atoms with van der Waals surface area (Å²) in [6, 6.07) is 5.73. The van der Waals surface area contributed by atoms with Crippen molar-refractivity contribution in [3.63, 3.8) is 0 Å². The first-order chi connectivity index (χ1) is 14.7. The van der Waals surface area contributed by atoms with Crippen molar-refractivity contribution < 1.29 is 19.1 Å². The van der Waals surface area contributed by atoms with Crippen molar-refractivity contribution in [3.8, 4) is 11.5 Å². The van der Waals surface area contributed by atoms with Crippen molar-refractivity contribution in [2.24, 2.45) is 5.92 Å². The van der Waals surface area contributed by atoms with E-state index in [1.807, 2.05) is 23.1 Å². The van der Waals surface area contributed by atoms with E-state index in [1.165, 1.54) is 12.8 Å². The molecule has 1 N–H and O–H groups in total. The first-order valence-corrected chi connectivity index (χ1v) is 11.4. The standard InChI is InChI=1S/C23H33N3O4/c27-22(25-10-3-1-2-4-11-25)19-8-12-26(13-9-19)23(28)24-17-18-6-7-20-21(16-18)30-15-5-14-29-20/h6-7,16,19H,1-5,8-15,17H2,(H,24,28). The molecule has 2 fully saturated rings. The van der Waals surface area contributed by atoms with Crippen LogP contribution in [0.4, 0.5) is 4.79 Å². The smallest absolute Gasteiger partial charge is 0.317 e. The number of benzene rings is 1. The molecule has 0 aliphatic carbocycles. The lowest BCUT2D eigenvalue weighted by atomic mass is 9.95. The molecule has 3 aliphatic heterocycles. The van der Waals surface area contributed by atoms with Gasteiger partial charge in [-0.1, -0.05) is 18.9 Å². The van der Waals surface area contributed by atoms with E-state index in [1.54, 1.807) is 0 Å². The number of carbonyl (C=O) groups excluding carboxylic acids is 2. The average Bonchev–Trinajstić information content (AvgIpc) is 3.20. The minimum Gasteiger partial charge on any atom is -0.490 e. The highest BCUT2D eigenvalue weighted by molar-refractivity contribution is 5.80. The van der Waals surface area contributed by atoms with Crippen molar-refractivity contribution in [1.29, 1.82) is 0 Å². The van der Waals surface area contributed by atoms with Gasteiger partial charge in [-0.3, -0.25) is 4.79 Å². The number of likely N-dealkylation sites (tertiary alicyclic amines) is 2. The monoisotopic (exact) mass is 415 g/mol. The van der Waals surface area contributed by atoms with Crippen LogP contribution < -0.4 is 14.8 Å². The Morgan fingerprint density at radius 2 is 1.57 bits per heavy atom. The third-order valence-corrected chi connectivity index (χ3v) is 6.30. The molecule has 0 radical (unpaired) electrons. The Hall–Kier alpha value is -2.44. The third-order valence-electron chi connectivity index (χ3n) is 6.30. The predicted molar refractivity (Wildman–Crippen MR) is 114 cm³/mol. The van der Waals surface area contributed by atoms with Crippen LogP contribution >= 0.6 is 0 Å². The number of ether oxygens (including phenoxy) is 2. The number of urea groups is 1. The van der Waals surface area contributed by atoms with Crippen LogP contribution in [0.5, 0.6) is 11.5 Å². The highest BCUT2D eigenvalue weighted by Crippen LogP contribution is 2.30. The first-order valence-electron chi connectivity index (χ1n) is 11.4. The van der Waals surface area contributed by atoms with Crippen LogP contribution in [0.2, 0.25) is 0 Å². The van der Waals surface area contributed by atoms with Crippen molar-refractivity contribution in [1.82, 2.24) is 15.1 Å². The van der Waals surface area contributed by atoms with Crippen molar-refractivity contribution in [3.05, 3.63) is 23.8 Å². The van der Waals surface area contributed by atoms with E-state index in [4.69, 9.17) is 9.47 Å². The average molecular weight is 416 g/mol. The van der Waals surface area contributed by atoms with E-state index in [-0.39, 0.29) is 11.9 Å². The quantitative estimate of drug-likeness (QED) is 0.823. The normalized spacial score (nSPS) is 20.3. The van der Waals surface area contributed by atoms with Crippen LogP contribution in [0.15, 0.2) is 18.2 Å². The molecular weight excluding hydrogens is 382 g/mol. The number of nitrogens with one attached hydrogen (secondary N) is 1. The number of hydrogen-bond acceptors (Lipinski definition) is 4. The van der Waals surface area contributed by atoms with Gasteiger partial charge in [0.25, 0.3) is 0 Å². The maximum absolute atomic E-state index is 12.8. The summed E-state index contributed by atoms with van der Waals surface area (Å²) >= 11 is 0. The minimum atomic E-state index is -0.0669. The number of carbonyl (C=O) groups is 2. The van der Waals surface area contributed by atoms with Crippen molar-refractivity contribution >= 4 is 11.9 Å². The summed E-state index contributed by atoms with van der Waals surface area (Å²) in [5, 5.41) is 3.00. The molecule has 164 valence electrons. The predicted octanol–water partition coefficient (Wildman–Crippen LogP) is 3.17. The summed E-state index contributed by atoms with van der Waals surface area (Å²) in [4.78, 5) is 29.3. The Balaban J connectivity index is 1.23. The van der Waals surface area contributed by atoms with Gasteiger partial charge in [0.2, 0.25) is 5.91 Å². The molecule has 1 aromatic rings. The zero-order chi connectivity index (χ0) is 20.8. The molecule has 3 amide bonds. The SMILES string of the molecule is O=C(NCc1ccc2c(c1)OCCCO2)N1CCC(C(=O)N2CCCCCC2)CC1. The maximum atomic E-state index is 12.8. The van der Waals surface area contributed by atoms with Crippen LogP contribution in [0.25, 0.3) is 0 Å². The second kappa shape index (κ2) is 10.0. The van der Waals surface area contributed by atoms with Gasteiger partial charge in [0.05, 0.1) is 13.2 Å². The highest BCUT2D eigenvalue weighted by atomic mass is 16.5. The lowest BCUT2D eigenvalue weighted by molar-refractivity contribution is -0.136. The van der Waals surface area contributed by atoms with Gasteiger partial charge in [-0.2, -0.15) is 0 Å². The van der Waals surface area contributed by atoms with E-state index in [0.717, 1.165) is 62.3 Å². The topological polar surface area (TPSA) is 71.1 Å². The Kier molecular flexibility index (Phi) is 6.97. The molecule has 30 heavy (non-hydrogen) atoms. The molecule has 4 rings (SSSR count). The summed E-state index contributed by atoms with van der Waals surface area (Å²) in [7, 11) is 0. The molecular formula is C23H33N3O4. The summed E-state index contributed by atoms with van der Waals surface area (Å²) in [6.07, 6.45) is 7.08. The fourth-order valence-electron chi connectivity index (χ4n) is 4.49. The van der Waals surface area contributed by atoms with Gasteiger partial charge in [0.15, 0.2) is 11.5 Å². The highest BCUT2D eigenvalue weighted by Gasteiger charge is 2.30. The van der Waals surface area contributed by atoms with E-state index in [2.05, 4.69) is 10.2 Å². The Labute approximate surface area is 178 Å². The largest absolute Gasteiger partial charge is 0.490 e. The fourth-order valence-corrected chi connectivity index (χ4v) is 4.49. The van der Waals surface area contributed by atoms with Crippen LogP contribution in [-0.4, -0.2) is 61.1 Å². The fraction of sp³-hybridized carbons (Fsp3) is 0.652. The Morgan fingerprint density at radius 1 is 0.867 bits per heavy atom. The molecule has 0 spiro atoms. The zero-order valence-corrected chi connectivity index (χ0v) is 17.7. The van der Waals surface area contributed by atoms with Gasteiger partial charge in [0.1, 0.15) is 0 Å². The van der Waals surface area contributed by atoms with Crippen LogP contribution in [-0.2, 0) is 11.3 Å². The third kappa shape index (κ3) is 5.18. The van der Waals surface area contributed by atoms with Gasteiger partial charge in [-0.25, -0.2) is 4.79 Å². The van der Waals surface area contributed by atoms with Crippen LogP contribution in [0, 0.1) is 5.92 Å². The van der Waals surface area contributed by atoms with Crippen molar-refractivity contribution in [2.75, 3.05) is 39.4 Å². The molecule has 7 nitrogen and oxygen atoms in total. The number of rotatable bonds is 3. The molecule has 0 aromatic heterocycles. The van der Waals surface area contributed by atoms with Gasteiger partial charge in [0, 0.05) is 45.1 Å². The molecule has 2 saturated heterocycles. The van der Waals surface area contributed by atoms with E-state index < -0.39 is 0 Å². The zero-order valence-electron chi connectivity index (χ0n) is 17.7. The lowest BCUT2D eigenvalue weighted by Gasteiger charge is -2.34. The van der Waals surface area contributed by atoms with Gasteiger partial charge < -0.3 is 24.6 Å². The lowest BCUT2D eigenvalue weighted by Crippen LogP contribution is -2.47. The summed E-state index contributed by atoms with van der Waals surface area (Å²) < 4.78 is 11.4. The van der Waals surface area contributed by atoms with E-state index >= 15 is 0 Å². The molecule has 3 aliphatic rings. The number of hydrogen-bond donors (Lipinski definition) is 1. The molecule has 0 atom stereocenters. The molecule has 3 heterocycles. The minimum absolute atomic E-state index is 0.0638. The molecule has 7 heteroatoms. The van der Waals surface area contributed by atoms with Gasteiger partial charge in [-0.05, 0) is 43.4 Å². The van der Waals surface area contributed by atoms with E-state index in [0.29, 0.717) is 38.8 Å². The van der Waals surface area contributed by atoms with Crippen LogP contribution in [0.1, 0.15) is 50.5 Å². The summed E-state index contributed by atoms with van der Waals surface area (Å²) in [6.45, 7) is 4.83. The van der Waals surface area contributed by atoms with Crippen LogP contribution in [0.3, 0.4) is 0 Å². The molecule has 1 aromatic carbocycles. The van der Waals surface area contributed by atoms with Gasteiger partial charge in [-0.15, -0.1) is 0 Å². The summed E-state index contributed by atoms with van der Waals surface area (Å²) in [5.74, 6) is 1.86. The Morgan fingerprint density at radius 3 is 2.30 bits per heavy atom. The second-order valence-corrected chi connectivity index (χ2v) is 8.49. The van der Waals surface area contributed by atoms with Gasteiger partial charge >= 0.3 is 6.03 Å². The number of amides is 3. The molecule has 0 bridgehead atoms. The summed E-state index contributed by atoms with van der Waals surface area (Å²) in [5.41, 5.74) is 0.985. The Bertz CT molecular complexity index is 738. The molecule has 0 saturated carbocycles.